The van der Waals surface area contributed by atoms with Crippen LogP contribution in [-0.4, -0.2) is 5.91 Å². The number of para-hydroxylation sites is 2. The maximum absolute atomic E-state index is 12.0. The largest absolute Gasteiger partial charge is 0.397 e. The van der Waals surface area contributed by atoms with Crippen molar-refractivity contribution in [1.82, 2.24) is 0 Å². The predicted molar refractivity (Wildman–Crippen MR) is 75.3 cm³/mol. The van der Waals surface area contributed by atoms with Gasteiger partial charge in [-0.05, 0) is 30.3 Å². The van der Waals surface area contributed by atoms with Crippen molar-refractivity contribution in [3.8, 4) is 0 Å². The third-order valence-corrected chi connectivity index (χ3v) is 2.93. The molecule has 0 saturated heterocycles. The molecule has 2 rings (SSSR count). The van der Waals surface area contributed by atoms with E-state index in [0.29, 0.717) is 27.0 Å². The van der Waals surface area contributed by atoms with Crippen molar-refractivity contribution in [2.75, 3.05) is 11.1 Å². The molecule has 2 aromatic carbocycles. The van der Waals surface area contributed by atoms with Crippen LogP contribution in [0, 0.1) is 0 Å². The average molecular weight is 281 g/mol. The first-order chi connectivity index (χ1) is 8.58. The summed E-state index contributed by atoms with van der Waals surface area (Å²) < 4.78 is 0. The summed E-state index contributed by atoms with van der Waals surface area (Å²) in [5.41, 5.74) is 7.14. The van der Waals surface area contributed by atoms with E-state index in [9.17, 15) is 4.79 Å². The van der Waals surface area contributed by atoms with Gasteiger partial charge in [0.15, 0.2) is 0 Å². The number of halogens is 2. The Kier molecular flexibility index (Phi) is 3.75. The Hall–Kier alpha value is -1.71. The van der Waals surface area contributed by atoms with Gasteiger partial charge in [-0.15, -0.1) is 0 Å². The second-order valence-corrected chi connectivity index (χ2v) is 4.51. The van der Waals surface area contributed by atoms with E-state index in [1.54, 1.807) is 36.4 Å². The molecule has 5 heteroatoms. The monoisotopic (exact) mass is 280 g/mol. The smallest absolute Gasteiger partial charge is 0.257 e. The number of anilines is 2. The average Bonchev–Trinajstić information content (AvgIpc) is 2.32. The first-order valence-corrected chi connectivity index (χ1v) is 5.94. The minimum absolute atomic E-state index is 0.300. The van der Waals surface area contributed by atoms with E-state index in [-0.39, 0.29) is 5.91 Å². The lowest BCUT2D eigenvalue weighted by molar-refractivity contribution is 0.102. The summed E-state index contributed by atoms with van der Waals surface area (Å²) in [7, 11) is 0. The highest BCUT2D eigenvalue weighted by atomic mass is 35.5. The Labute approximate surface area is 115 Å². The summed E-state index contributed by atoms with van der Waals surface area (Å²) in [5, 5.41) is 3.48. The number of hydrogen-bond acceptors (Lipinski definition) is 2. The van der Waals surface area contributed by atoms with Gasteiger partial charge in [0, 0.05) is 5.02 Å². The van der Waals surface area contributed by atoms with Gasteiger partial charge in [-0.25, -0.2) is 0 Å². The molecule has 0 aliphatic heterocycles. The Morgan fingerprint density at radius 1 is 1.11 bits per heavy atom. The van der Waals surface area contributed by atoms with E-state index in [1.165, 1.54) is 6.07 Å². The number of hydrogen-bond donors (Lipinski definition) is 2. The highest BCUT2D eigenvalue weighted by molar-refractivity contribution is 6.37. The van der Waals surface area contributed by atoms with Gasteiger partial charge in [0.05, 0.1) is 22.0 Å². The number of nitrogens with one attached hydrogen (secondary N) is 1. The zero-order chi connectivity index (χ0) is 13.1. The quantitative estimate of drug-likeness (QED) is 0.822. The molecule has 0 bridgehead atoms. The second kappa shape index (κ2) is 5.29. The highest BCUT2D eigenvalue weighted by Gasteiger charge is 2.11. The lowest BCUT2D eigenvalue weighted by atomic mass is 10.2. The Morgan fingerprint density at radius 3 is 2.50 bits per heavy atom. The summed E-state index contributed by atoms with van der Waals surface area (Å²) in [5.74, 6) is -0.324. The standard InChI is InChI=1S/C13H10Cl2N2O/c14-8-5-6-9(10(15)7-8)13(18)17-12-4-2-1-3-11(12)16/h1-7H,16H2,(H,17,18). The van der Waals surface area contributed by atoms with Crippen LogP contribution in [0.15, 0.2) is 42.5 Å². The van der Waals surface area contributed by atoms with Crippen molar-refractivity contribution in [3.05, 3.63) is 58.1 Å². The van der Waals surface area contributed by atoms with Crippen LogP contribution in [0.4, 0.5) is 11.4 Å². The molecule has 1 amide bonds. The fourth-order valence-electron chi connectivity index (χ4n) is 1.47. The van der Waals surface area contributed by atoms with Crippen LogP contribution in [0.2, 0.25) is 10.0 Å². The topological polar surface area (TPSA) is 55.1 Å². The van der Waals surface area contributed by atoms with Crippen LogP contribution in [0.1, 0.15) is 10.4 Å². The van der Waals surface area contributed by atoms with Gasteiger partial charge in [-0.2, -0.15) is 0 Å². The fourth-order valence-corrected chi connectivity index (χ4v) is 1.97. The van der Waals surface area contributed by atoms with E-state index in [1.807, 2.05) is 0 Å². The molecule has 0 heterocycles. The van der Waals surface area contributed by atoms with Crippen LogP contribution < -0.4 is 11.1 Å². The molecule has 18 heavy (non-hydrogen) atoms. The molecule has 2 aromatic rings. The number of carbonyl (C=O) groups is 1. The molecule has 0 aliphatic rings. The van der Waals surface area contributed by atoms with Gasteiger partial charge in [0.2, 0.25) is 0 Å². The molecule has 92 valence electrons. The van der Waals surface area contributed by atoms with Crippen molar-refractivity contribution in [2.45, 2.75) is 0 Å². The Morgan fingerprint density at radius 2 is 1.83 bits per heavy atom. The normalized spacial score (nSPS) is 10.1. The van der Waals surface area contributed by atoms with Crippen molar-refractivity contribution in [1.29, 1.82) is 0 Å². The SMILES string of the molecule is Nc1ccccc1NC(=O)c1ccc(Cl)cc1Cl. The molecular formula is C13H10Cl2N2O. The zero-order valence-electron chi connectivity index (χ0n) is 9.28. The van der Waals surface area contributed by atoms with Crippen LogP contribution in [0.5, 0.6) is 0 Å². The van der Waals surface area contributed by atoms with Crippen LogP contribution in [0.3, 0.4) is 0 Å². The first-order valence-electron chi connectivity index (χ1n) is 5.19. The molecule has 0 unspecified atom stereocenters. The van der Waals surface area contributed by atoms with Crippen LogP contribution in [-0.2, 0) is 0 Å². The third-order valence-electron chi connectivity index (χ3n) is 2.38. The molecule has 0 saturated carbocycles. The van der Waals surface area contributed by atoms with Crippen LogP contribution in [0.25, 0.3) is 0 Å². The number of nitrogen functional groups attached to an aromatic ring is 1. The number of benzene rings is 2. The molecule has 0 aliphatic carbocycles. The van der Waals surface area contributed by atoms with E-state index in [4.69, 9.17) is 28.9 Å². The van der Waals surface area contributed by atoms with E-state index < -0.39 is 0 Å². The molecule has 0 radical (unpaired) electrons. The predicted octanol–water partition coefficient (Wildman–Crippen LogP) is 3.83. The Bertz CT molecular complexity index is 599. The first kappa shape index (κ1) is 12.7. The molecule has 3 nitrogen and oxygen atoms in total. The molecule has 0 fully saturated rings. The highest BCUT2D eigenvalue weighted by Crippen LogP contribution is 2.23. The molecule has 0 spiro atoms. The maximum Gasteiger partial charge on any atom is 0.257 e. The minimum atomic E-state index is -0.324. The fraction of sp³-hybridized carbons (Fsp3) is 0. The maximum atomic E-state index is 12.0. The van der Waals surface area contributed by atoms with E-state index in [0.717, 1.165) is 0 Å². The van der Waals surface area contributed by atoms with Crippen LogP contribution >= 0.6 is 23.2 Å². The lowest BCUT2D eigenvalue weighted by Crippen LogP contribution is -2.13. The van der Waals surface area contributed by atoms with E-state index >= 15 is 0 Å². The summed E-state index contributed by atoms with van der Waals surface area (Å²) in [6, 6.07) is 11.7. The molecule has 3 N–H and O–H groups in total. The Balaban J connectivity index is 2.25. The van der Waals surface area contributed by atoms with Crippen molar-refractivity contribution in [3.63, 3.8) is 0 Å². The molecule has 0 aromatic heterocycles. The molecular weight excluding hydrogens is 271 g/mol. The number of nitrogens with two attached hydrogens (primary N) is 1. The van der Waals surface area contributed by atoms with Gasteiger partial charge in [0.1, 0.15) is 0 Å². The van der Waals surface area contributed by atoms with Gasteiger partial charge in [-0.3, -0.25) is 4.79 Å². The molecule has 0 atom stereocenters. The lowest BCUT2D eigenvalue weighted by Gasteiger charge is -2.09. The van der Waals surface area contributed by atoms with Gasteiger partial charge in [-0.1, -0.05) is 35.3 Å². The minimum Gasteiger partial charge on any atom is -0.397 e. The summed E-state index contributed by atoms with van der Waals surface area (Å²) in [6.45, 7) is 0. The number of carbonyl (C=O) groups excluding carboxylic acids is 1. The zero-order valence-corrected chi connectivity index (χ0v) is 10.8. The van der Waals surface area contributed by atoms with E-state index in [2.05, 4.69) is 5.32 Å². The van der Waals surface area contributed by atoms with Crippen molar-refractivity contribution >= 4 is 40.5 Å². The van der Waals surface area contributed by atoms with Gasteiger partial charge < -0.3 is 11.1 Å². The number of amides is 1. The van der Waals surface area contributed by atoms with Gasteiger partial charge in [0.25, 0.3) is 5.91 Å². The second-order valence-electron chi connectivity index (χ2n) is 3.67. The van der Waals surface area contributed by atoms with Crippen molar-refractivity contribution in [2.24, 2.45) is 0 Å². The summed E-state index contributed by atoms with van der Waals surface area (Å²) >= 11 is 11.7. The van der Waals surface area contributed by atoms with Gasteiger partial charge >= 0.3 is 0 Å². The summed E-state index contributed by atoms with van der Waals surface area (Å²) in [6.07, 6.45) is 0. The summed E-state index contributed by atoms with van der Waals surface area (Å²) in [4.78, 5) is 12.0. The van der Waals surface area contributed by atoms with Crippen molar-refractivity contribution < 1.29 is 4.79 Å². The third kappa shape index (κ3) is 2.75. The number of rotatable bonds is 2.